The number of ether oxygens (including phenoxy) is 1. The number of hydrogen-bond donors (Lipinski definition) is 0. The number of carbonyl (C=O) groups is 2. The van der Waals surface area contributed by atoms with Crippen molar-refractivity contribution in [3.05, 3.63) is 0 Å². The van der Waals surface area contributed by atoms with E-state index in [-0.39, 0.29) is 12.0 Å². The van der Waals surface area contributed by atoms with Gasteiger partial charge in [0, 0.05) is 25.4 Å². The van der Waals surface area contributed by atoms with Crippen LogP contribution in [0.2, 0.25) is 0 Å². The van der Waals surface area contributed by atoms with Gasteiger partial charge in [0.15, 0.2) is 0 Å². The highest BCUT2D eigenvalue weighted by molar-refractivity contribution is 5.84. The van der Waals surface area contributed by atoms with Crippen molar-refractivity contribution < 1.29 is 14.3 Å². The lowest BCUT2D eigenvalue weighted by Crippen LogP contribution is -2.46. The molecule has 0 aromatic heterocycles. The van der Waals surface area contributed by atoms with E-state index in [2.05, 4.69) is 0 Å². The predicted octanol–water partition coefficient (Wildman–Crippen LogP) is 2.61. The number of ketones is 1. The van der Waals surface area contributed by atoms with Crippen molar-refractivity contribution in [2.45, 2.75) is 52.1 Å². The molecule has 0 radical (unpaired) electrons. The van der Waals surface area contributed by atoms with Gasteiger partial charge in [0.1, 0.15) is 11.4 Å². The van der Waals surface area contributed by atoms with Crippen LogP contribution in [0.4, 0.5) is 4.79 Å². The maximum Gasteiger partial charge on any atom is 0.410 e. The van der Waals surface area contributed by atoms with Gasteiger partial charge in [-0.25, -0.2) is 4.79 Å². The van der Waals surface area contributed by atoms with Gasteiger partial charge in [-0.15, -0.1) is 0 Å². The zero-order valence-electron chi connectivity index (χ0n) is 11.6. The van der Waals surface area contributed by atoms with Crippen molar-refractivity contribution in [3.63, 3.8) is 0 Å². The second-order valence-corrected chi connectivity index (χ2v) is 6.52. The maximum absolute atomic E-state index is 12.0. The van der Waals surface area contributed by atoms with Gasteiger partial charge >= 0.3 is 6.09 Å². The molecule has 1 atom stereocenters. The molecule has 1 heterocycles. The molecule has 2 rings (SSSR count). The topological polar surface area (TPSA) is 46.6 Å². The van der Waals surface area contributed by atoms with Crippen molar-refractivity contribution >= 4 is 11.9 Å². The Morgan fingerprint density at radius 3 is 2.61 bits per heavy atom. The third-order valence-corrected chi connectivity index (χ3v) is 3.49. The Balaban J connectivity index is 1.89. The van der Waals surface area contributed by atoms with E-state index in [9.17, 15) is 9.59 Å². The Morgan fingerprint density at radius 1 is 1.39 bits per heavy atom. The van der Waals surface area contributed by atoms with E-state index in [0.717, 1.165) is 12.3 Å². The van der Waals surface area contributed by atoms with Crippen molar-refractivity contribution in [3.8, 4) is 0 Å². The number of carbonyl (C=O) groups excluding carboxylic acids is 2. The summed E-state index contributed by atoms with van der Waals surface area (Å²) in [7, 11) is 0. The monoisotopic (exact) mass is 253 g/mol. The SMILES string of the molecule is CC(C)(C)OC(=O)N1CCC(=O)[C@@H](CC2CC2)C1. The molecule has 1 amide bonds. The van der Waals surface area contributed by atoms with Gasteiger partial charge in [-0.1, -0.05) is 12.8 Å². The molecule has 102 valence electrons. The van der Waals surface area contributed by atoms with E-state index >= 15 is 0 Å². The standard InChI is InChI=1S/C14H23NO3/c1-14(2,3)18-13(17)15-7-6-12(16)11(9-15)8-10-4-5-10/h10-11H,4-9H2,1-3H3/t11-/m0/s1. The van der Waals surface area contributed by atoms with Crippen LogP contribution < -0.4 is 0 Å². The van der Waals surface area contributed by atoms with E-state index in [4.69, 9.17) is 4.74 Å². The molecule has 0 N–H and O–H groups in total. The Labute approximate surface area is 109 Å². The molecule has 1 saturated carbocycles. The van der Waals surface area contributed by atoms with Gasteiger partial charge in [-0.2, -0.15) is 0 Å². The highest BCUT2D eigenvalue weighted by Gasteiger charge is 2.35. The van der Waals surface area contributed by atoms with Gasteiger partial charge in [0.05, 0.1) is 0 Å². The number of piperidine rings is 1. The molecule has 0 bridgehead atoms. The average molecular weight is 253 g/mol. The third kappa shape index (κ3) is 3.72. The zero-order chi connectivity index (χ0) is 13.3. The summed E-state index contributed by atoms with van der Waals surface area (Å²) in [6.45, 7) is 6.64. The van der Waals surface area contributed by atoms with Crippen LogP contribution in [-0.2, 0) is 9.53 Å². The normalized spacial score (nSPS) is 25.2. The Bertz CT molecular complexity index is 341. The number of nitrogens with zero attached hydrogens (tertiary/aromatic N) is 1. The van der Waals surface area contributed by atoms with Gasteiger partial charge < -0.3 is 9.64 Å². The summed E-state index contributed by atoms with van der Waals surface area (Å²) in [6.07, 6.45) is 3.65. The van der Waals surface area contributed by atoms with Crippen LogP contribution >= 0.6 is 0 Å². The number of amides is 1. The van der Waals surface area contributed by atoms with Gasteiger partial charge in [-0.3, -0.25) is 4.79 Å². The molecule has 4 heteroatoms. The fourth-order valence-corrected chi connectivity index (χ4v) is 2.36. The van der Waals surface area contributed by atoms with E-state index in [0.29, 0.717) is 25.3 Å². The van der Waals surface area contributed by atoms with E-state index in [1.807, 2.05) is 20.8 Å². The van der Waals surface area contributed by atoms with Gasteiger partial charge in [-0.05, 0) is 33.1 Å². The molecular weight excluding hydrogens is 230 g/mol. The summed E-state index contributed by atoms with van der Waals surface area (Å²) < 4.78 is 5.36. The van der Waals surface area contributed by atoms with Crippen molar-refractivity contribution in [2.75, 3.05) is 13.1 Å². The van der Waals surface area contributed by atoms with E-state index in [1.165, 1.54) is 12.8 Å². The van der Waals surface area contributed by atoms with Crippen LogP contribution in [0, 0.1) is 11.8 Å². The van der Waals surface area contributed by atoms with Crippen LogP contribution in [0.3, 0.4) is 0 Å². The Hall–Kier alpha value is -1.06. The van der Waals surface area contributed by atoms with Crippen LogP contribution in [0.15, 0.2) is 0 Å². The molecule has 2 aliphatic rings. The summed E-state index contributed by atoms with van der Waals surface area (Å²) in [6, 6.07) is 0. The molecule has 0 spiro atoms. The average Bonchev–Trinajstić information content (AvgIpc) is 3.02. The number of Topliss-reactive ketones (excluding diaryl/α,β-unsaturated/α-hetero) is 1. The summed E-state index contributed by atoms with van der Waals surface area (Å²) >= 11 is 0. The van der Waals surface area contributed by atoms with Gasteiger partial charge in [0.25, 0.3) is 0 Å². The van der Waals surface area contributed by atoms with Crippen LogP contribution in [-0.4, -0.2) is 35.5 Å². The molecule has 18 heavy (non-hydrogen) atoms. The highest BCUT2D eigenvalue weighted by Crippen LogP contribution is 2.37. The maximum atomic E-state index is 12.0. The Kier molecular flexibility index (Phi) is 3.64. The van der Waals surface area contributed by atoms with Crippen LogP contribution in [0.25, 0.3) is 0 Å². The summed E-state index contributed by atoms with van der Waals surface area (Å²) in [5, 5.41) is 0. The first kappa shape index (κ1) is 13.4. The van der Waals surface area contributed by atoms with Crippen molar-refractivity contribution in [1.29, 1.82) is 0 Å². The second kappa shape index (κ2) is 4.90. The molecule has 1 aliphatic carbocycles. The van der Waals surface area contributed by atoms with Crippen LogP contribution in [0.1, 0.15) is 46.5 Å². The lowest BCUT2D eigenvalue weighted by atomic mass is 9.91. The molecule has 0 unspecified atom stereocenters. The first-order valence-corrected chi connectivity index (χ1v) is 6.86. The third-order valence-electron chi connectivity index (χ3n) is 3.49. The van der Waals surface area contributed by atoms with Crippen molar-refractivity contribution in [2.24, 2.45) is 11.8 Å². The molecule has 1 aliphatic heterocycles. The minimum Gasteiger partial charge on any atom is -0.444 e. The number of hydrogen-bond acceptors (Lipinski definition) is 3. The number of likely N-dealkylation sites (tertiary alicyclic amines) is 1. The molecular formula is C14H23NO3. The summed E-state index contributed by atoms with van der Waals surface area (Å²) in [5.41, 5.74) is -0.468. The summed E-state index contributed by atoms with van der Waals surface area (Å²) in [5.74, 6) is 1.08. The van der Waals surface area contributed by atoms with E-state index < -0.39 is 5.60 Å². The lowest BCUT2D eigenvalue weighted by Gasteiger charge is -2.33. The molecule has 0 aromatic rings. The second-order valence-electron chi connectivity index (χ2n) is 6.52. The van der Waals surface area contributed by atoms with Crippen molar-refractivity contribution in [1.82, 2.24) is 4.90 Å². The van der Waals surface area contributed by atoms with E-state index in [1.54, 1.807) is 4.90 Å². The zero-order valence-corrected chi connectivity index (χ0v) is 11.6. The van der Waals surface area contributed by atoms with Gasteiger partial charge in [0.2, 0.25) is 0 Å². The highest BCUT2D eigenvalue weighted by atomic mass is 16.6. The predicted molar refractivity (Wildman–Crippen MR) is 68.3 cm³/mol. The first-order chi connectivity index (χ1) is 8.35. The molecule has 1 saturated heterocycles. The molecule has 4 nitrogen and oxygen atoms in total. The lowest BCUT2D eigenvalue weighted by molar-refractivity contribution is -0.126. The first-order valence-electron chi connectivity index (χ1n) is 6.86. The minimum absolute atomic E-state index is 0.0405. The Morgan fingerprint density at radius 2 is 2.06 bits per heavy atom. The largest absolute Gasteiger partial charge is 0.444 e. The quantitative estimate of drug-likeness (QED) is 0.760. The molecule has 2 fully saturated rings. The summed E-state index contributed by atoms with van der Waals surface area (Å²) in [4.78, 5) is 25.5. The molecule has 0 aromatic carbocycles. The minimum atomic E-state index is -0.468. The smallest absolute Gasteiger partial charge is 0.410 e. The fraction of sp³-hybridized carbons (Fsp3) is 0.857. The fourth-order valence-electron chi connectivity index (χ4n) is 2.36. The number of rotatable bonds is 2. The van der Waals surface area contributed by atoms with Crippen LogP contribution in [0.5, 0.6) is 0 Å².